The van der Waals surface area contributed by atoms with Crippen molar-refractivity contribution in [3.05, 3.63) is 47.4 Å². The molecule has 1 aliphatic carbocycles. The molecule has 106 valence electrons. The molecule has 3 rings (SSSR count). The normalized spacial score (nSPS) is 22.9. The molecule has 0 saturated heterocycles. The molecule has 2 N–H and O–H groups in total. The van der Waals surface area contributed by atoms with Crippen LogP contribution < -0.4 is 5.73 Å². The predicted molar refractivity (Wildman–Crippen MR) is 72.7 cm³/mol. The molecular weight excluding hydrogens is 257 g/mol. The van der Waals surface area contributed by atoms with Gasteiger partial charge in [0.25, 0.3) is 0 Å². The quantitative estimate of drug-likeness (QED) is 0.935. The zero-order valence-electron chi connectivity index (χ0n) is 11.3. The van der Waals surface area contributed by atoms with Gasteiger partial charge in [0.1, 0.15) is 5.82 Å². The number of hydrogen-bond donors (Lipinski definition) is 1. The highest BCUT2D eigenvalue weighted by Gasteiger charge is 2.28. The zero-order valence-corrected chi connectivity index (χ0v) is 11.3. The third-order valence-electron chi connectivity index (χ3n) is 3.87. The molecule has 2 unspecified atom stereocenters. The number of halogens is 1. The smallest absolute Gasteiger partial charge is 0.231 e. The van der Waals surface area contributed by atoms with Crippen LogP contribution in [0.3, 0.4) is 0 Å². The first-order valence-corrected chi connectivity index (χ1v) is 7.05. The maximum Gasteiger partial charge on any atom is 0.231 e. The van der Waals surface area contributed by atoms with Gasteiger partial charge in [0.05, 0.1) is 5.92 Å². The molecule has 0 bridgehead atoms. The third-order valence-corrected chi connectivity index (χ3v) is 3.87. The topological polar surface area (TPSA) is 64.9 Å². The highest BCUT2D eigenvalue weighted by molar-refractivity contribution is 5.20. The minimum Gasteiger partial charge on any atom is -0.339 e. The second-order valence-corrected chi connectivity index (χ2v) is 5.41. The molecule has 1 heterocycles. The van der Waals surface area contributed by atoms with Gasteiger partial charge >= 0.3 is 0 Å². The van der Waals surface area contributed by atoms with Crippen LogP contribution in [0.15, 0.2) is 28.8 Å². The van der Waals surface area contributed by atoms with Crippen molar-refractivity contribution >= 4 is 0 Å². The van der Waals surface area contributed by atoms with Crippen LogP contribution in [0.4, 0.5) is 4.39 Å². The highest BCUT2D eigenvalue weighted by atomic mass is 19.1. The number of benzene rings is 1. The van der Waals surface area contributed by atoms with Crippen LogP contribution in [-0.4, -0.2) is 16.2 Å². The van der Waals surface area contributed by atoms with Crippen molar-refractivity contribution in [2.45, 2.75) is 44.1 Å². The molecule has 4 nitrogen and oxygen atoms in total. The van der Waals surface area contributed by atoms with Gasteiger partial charge in [-0.15, -0.1) is 0 Å². The molecule has 5 heteroatoms. The summed E-state index contributed by atoms with van der Waals surface area (Å²) < 4.78 is 18.5. The van der Waals surface area contributed by atoms with Gasteiger partial charge in [-0.1, -0.05) is 30.1 Å². The number of nitrogens with two attached hydrogens (primary N) is 1. The van der Waals surface area contributed by atoms with E-state index in [0.717, 1.165) is 24.8 Å². The van der Waals surface area contributed by atoms with Crippen molar-refractivity contribution in [2.24, 2.45) is 5.73 Å². The number of aromatic nitrogens is 2. The van der Waals surface area contributed by atoms with E-state index < -0.39 is 0 Å². The fraction of sp³-hybridized carbons (Fsp3) is 0.467. The molecule has 1 saturated carbocycles. The second-order valence-electron chi connectivity index (χ2n) is 5.41. The van der Waals surface area contributed by atoms with Crippen molar-refractivity contribution in [1.29, 1.82) is 0 Å². The summed E-state index contributed by atoms with van der Waals surface area (Å²) in [6, 6.07) is 6.55. The molecular formula is C15H18FN3O. The van der Waals surface area contributed by atoms with Crippen molar-refractivity contribution in [3.63, 3.8) is 0 Å². The van der Waals surface area contributed by atoms with Crippen LogP contribution in [0.1, 0.15) is 48.9 Å². The van der Waals surface area contributed by atoms with E-state index in [1.807, 2.05) is 6.07 Å². The maximum absolute atomic E-state index is 13.1. The molecule has 2 atom stereocenters. The van der Waals surface area contributed by atoms with Crippen LogP contribution >= 0.6 is 0 Å². The number of hydrogen-bond acceptors (Lipinski definition) is 4. The summed E-state index contributed by atoms with van der Waals surface area (Å²) in [6.07, 6.45) is 4.81. The Morgan fingerprint density at radius 3 is 2.95 bits per heavy atom. The van der Waals surface area contributed by atoms with Crippen molar-refractivity contribution in [2.75, 3.05) is 0 Å². The van der Waals surface area contributed by atoms with E-state index in [1.54, 1.807) is 6.07 Å². The van der Waals surface area contributed by atoms with Gasteiger partial charge in [0.2, 0.25) is 5.89 Å². The minimum absolute atomic E-state index is 0.103. The Kier molecular flexibility index (Phi) is 3.78. The van der Waals surface area contributed by atoms with Gasteiger partial charge < -0.3 is 10.3 Å². The summed E-state index contributed by atoms with van der Waals surface area (Å²) >= 11 is 0. The van der Waals surface area contributed by atoms with Gasteiger partial charge in [-0.25, -0.2) is 4.39 Å². The Labute approximate surface area is 117 Å². The van der Waals surface area contributed by atoms with Gasteiger partial charge in [0, 0.05) is 12.5 Å². The average Bonchev–Trinajstić information content (AvgIpc) is 2.87. The summed E-state index contributed by atoms with van der Waals surface area (Å²) in [7, 11) is 0. The number of nitrogens with zero attached hydrogens (tertiary/aromatic N) is 2. The van der Waals surface area contributed by atoms with Crippen LogP contribution in [0.25, 0.3) is 0 Å². The molecule has 0 spiro atoms. The summed E-state index contributed by atoms with van der Waals surface area (Å²) in [5, 5.41) is 3.99. The summed E-state index contributed by atoms with van der Waals surface area (Å²) in [5.74, 6) is 1.13. The van der Waals surface area contributed by atoms with E-state index >= 15 is 0 Å². The fourth-order valence-corrected chi connectivity index (χ4v) is 2.79. The van der Waals surface area contributed by atoms with Crippen LogP contribution in [0.5, 0.6) is 0 Å². The molecule has 0 radical (unpaired) electrons. The average molecular weight is 275 g/mol. The first-order valence-electron chi connectivity index (χ1n) is 7.05. The predicted octanol–water partition coefficient (Wildman–Crippen LogP) is 2.78. The van der Waals surface area contributed by atoms with Crippen molar-refractivity contribution in [3.8, 4) is 0 Å². The monoisotopic (exact) mass is 275 g/mol. The lowest BCUT2D eigenvalue weighted by Crippen LogP contribution is -2.31. The van der Waals surface area contributed by atoms with E-state index in [1.165, 1.54) is 18.6 Å². The molecule has 20 heavy (non-hydrogen) atoms. The van der Waals surface area contributed by atoms with Gasteiger partial charge in [-0.3, -0.25) is 0 Å². The summed E-state index contributed by atoms with van der Waals surface area (Å²) in [6.45, 7) is 0. The Hall–Kier alpha value is -1.75. The molecule has 1 aromatic heterocycles. The van der Waals surface area contributed by atoms with E-state index in [0.29, 0.717) is 18.1 Å². The molecule has 1 fully saturated rings. The first-order chi connectivity index (χ1) is 9.72. The zero-order chi connectivity index (χ0) is 13.9. The summed E-state index contributed by atoms with van der Waals surface area (Å²) in [4.78, 5) is 4.43. The van der Waals surface area contributed by atoms with Crippen molar-refractivity contribution in [1.82, 2.24) is 10.1 Å². The molecule has 1 aliphatic rings. The molecule has 1 aromatic carbocycles. The molecule has 2 aromatic rings. The Morgan fingerprint density at radius 2 is 2.15 bits per heavy atom. The molecule has 0 amide bonds. The number of rotatable bonds is 3. The Bertz CT molecular complexity index is 584. The van der Waals surface area contributed by atoms with Gasteiger partial charge in [-0.2, -0.15) is 4.98 Å². The van der Waals surface area contributed by atoms with E-state index in [4.69, 9.17) is 10.3 Å². The fourth-order valence-electron chi connectivity index (χ4n) is 2.79. The SMILES string of the molecule is NC1CCCCC1c1nc(Cc2cccc(F)c2)no1. The third kappa shape index (κ3) is 2.88. The van der Waals surface area contributed by atoms with Crippen molar-refractivity contribution < 1.29 is 8.91 Å². The Morgan fingerprint density at radius 1 is 1.30 bits per heavy atom. The van der Waals surface area contributed by atoms with E-state index in [-0.39, 0.29) is 17.8 Å². The Balaban J connectivity index is 1.73. The van der Waals surface area contributed by atoms with E-state index in [9.17, 15) is 4.39 Å². The highest BCUT2D eigenvalue weighted by Crippen LogP contribution is 2.30. The minimum atomic E-state index is -0.250. The summed E-state index contributed by atoms with van der Waals surface area (Å²) in [5.41, 5.74) is 6.95. The van der Waals surface area contributed by atoms with E-state index in [2.05, 4.69) is 10.1 Å². The molecule has 0 aliphatic heterocycles. The standard InChI is InChI=1S/C15H18FN3O/c16-11-5-3-4-10(8-11)9-14-18-15(20-19-14)12-6-1-2-7-13(12)17/h3-5,8,12-13H,1-2,6-7,9,17H2. The lowest BCUT2D eigenvalue weighted by molar-refractivity contribution is 0.289. The first kappa shape index (κ1) is 13.2. The largest absolute Gasteiger partial charge is 0.339 e. The second kappa shape index (κ2) is 5.71. The maximum atomic E-state index is 13.1. The van der Waals surface area contributed by atoms with Gasteiger partial charge in [0.15, 0.2) is 5.82 Å². The van der Waals surface area contributed by atoms with Crippen LogP contribution in [-0.2, 0) is 6.42 Å². The lowest BCUT2D eigenvalue weighted by Gasteiger charge is -2.25. The van der Waals surface area contributed by atoms with Crippen LogP contribution in [0, 0.1) is 5.82 Å². The van der Waals surface area contributed by atoms with Gasteiger partial charge in [-0.05, 0) is 30.5 Å². The van der Waals surface area contributed by atoms with Crippen LogP contribution in [0.2, 0.25) is 0 Å². The lowest BCUT2D eigenvalue weighted by atomic mass is 9.85.